The van der Waals surface area contributed by atoms with E-state index >= 15 is 0 Å². The van der Waals surface area contributed by atoms with E-state index in [9.17, 15) is 28.8 Å². The molecule has 0 saturated carbocycles. The van der Waals surface area contributed by atoms with E-state index in [4.69, 9.17) is 34.8 Å². The van der Waals surface area contributed by atoms with Crippen LogP contribution in [0.2, 0.25) is 0 Å². The van der Waals surface area contributed by atoms with Gasteiger partial charge in [-0.15, -0.1) is 20.4 Å². The van der Waals surface area contributed by atoms with Crippen LogP contribution >= 0.6 is 0 Å². The lowest BCUT2D eigenvalue weighted by Crippen LogP contribution is -2.13. The maximum atomic E-state index is 12.9. The van der Waals surface area contributed by atoms with Crippen LogP contribution in [0.3, 0.4) is 0 Å². The Bertz CT molecular complexity index is 5630. The molecule has 0 bridgehead atoms. The van der Waals surface area contributed by atoms with Crippen molar-refractivity contribution in [2.45, 2.75) is 13.1 Å². The van der Waals surface area contributed by atoms with Crippen molar-refractivity contribution in [3.63, 3.8) is 0 Å². The lowest BCUT2D eigenvalue weighted by Gasteiger charge is -2.19. The number of rotatable bonds is 17. The molecule has 0 amide bonds. The van der Waals surface area contributed by atoms with Crippen molar-refractivity contribution >= 4 is 68.5 Å². The standard InChI is InChI=1S/C28H26N6O4.C26H22N6O4.C19H16N6O3/c1-33(2)23-15-20(11-14-22(23)18-7-9-19(10-8-18)28(36)38-4)25-29-26-24(27(35)30-25)31-32-34(26)16-17-5-12-21(37-3)13-6-17;1-35-19-10-3-15(4-11-19)14-32-24-22(30-31-32)25(33)29-23(28-24)18-9-12-20(21(27)13-18)16-5-7-17(8-6-16)26(34)36-2;1-25(2)14-9-12(16-20-17-15(18(26)21-16)22-24-23-17)7-8-13(14)10-3-5-11(6-4-10)19(27)28/h5-15H,16H2,1-4H3,(H,29,30,35);3-13H,14,27H2,1-2H3,(H,28,29,33);3-9H,1-2H3,(H,27,28)(H2,20,21,22,23,24,26). The Labute approximate surface area is 578 Å². The number of carbonyl (C=O) groups is 3. The summed E-state index contributed by atoms with van der Waals surface area (Å²) in [5, 5.41) is 35.5. The van der Waals surface area contributed by atoms with Crippen LogP contribution in [-0.4, -0.2) is 155 Å². The molecule has 0 spiro atoms. The Morgan fingerprint density at radius 1 is 0.451 bits per heavy atom. The third kappa shape index (κ3) is 14.5. The third-order valence-corrected chi connectivity index (χ3v) is 16.4. The zero-order valence-corrected chi connectivity index (χ0v) is 56.1. The largest absolute Gasteiger partial charge is 0.497 e. The number of hydrogen-bond donors (Lipinski definition) is 6. The molecule has 0 aliphatic heterocycles. The molecule has 102 heavy (non-hydrogen) atoms. The minimum atomic E-state index is -0.965. The fourth-order valence-electron chi connectivity index (χ4n) is 11.1. The molecule has 0 fully saturated rings. The van der Waals surface area contributed by atoms with Gasteiger partial charge in [-0.05, 0) is 107 Å². The fourth-order valence-corrected chi connectivity index (χ4v) is 11.1. The van der Waals surface area contributed by atoms with Crippen LogP contribution in [0, 0.1) is 0 Å². The van der Waals surface area contributed by atoms with E-state index in [1.54, 1.807) is 90.3 Å². The number of methoxy groups -OCH3 is 4. The first-order chi connectivity index (χ1) is 49.3. The van der Waals surface area contributed by atoms with Crippen molar-refractivity contribution in [3.8, 4) is 79.0 Å². The van der Waals surface area contributed by atoms with Crippen molar-refractivity contribution in [2.75, 3.05) is 72.2 Å². The molecular formula is C73H64N18O11. The second-order valence-corrected chi connectivity index (χ2v) is 23.3. The number of carboxylic acid groups (broad SMARTS) is 1. The smallest absolute Gasteiger partial charge is 0.337 e. The molecule has 8 aromatic carbocycles. The fraction of sp³-hybridized carbons (Fsp3) is 0.137. The van der Waals surface area contributed by atoms with Crippen LogP contribution in [0.4, 0.5) is 17.1 Å². The predicted molar refractivity (Wildman–Crippen MR) is 384 cm³/mol. The number of anilines is 3. The highest BCUT2D eigenvalue weighted by molar-refractivity contribution is 5.93. The molecule has 0 saturated heterocycles. The summed E-state index contributed by atoms with van der Waals surface area (Å²) in [5.41, 5.74) is 19.5. The van der Waals surface area contributed by atoms with E-state index in [1.165, 1.54) is 14.2 Å². The number of ether oxygens (including phenoxy) is 4. The SMILES string of the molecule is CN(C)c1cc(-c2nc3n[nH]nc3c(=O)[nH]2)ccc1-c1ccc(C(=O)O)cc1.COC(=O)c1ccc(-c2ccc(-c3nc4c(nnn4Cc4ccc(OC)cc4)c(=O)[nH]3)cc2N(C)C)cc1.COC(=O)c1ccc(-c2ccc(-c3nc4c(nnn4Cc4ccc(OC)cc4)c(=O)[nH]3)cc2N)cc1. The maximum absolute atomic E-state index is 12.9. The van der Waals surface area contributed by atoms with Crippen LogP contribution < -0.4 is 41.7 Å². The molecule has 0 aliphatic rings. The molecule has 7 N–H and O–H groups in total. The maximum Gasteiger partial charge on any atom is 0.337 e. The van der Waals surface area contributed by atoms with Crippen LogP contribution in [0.5, 0.6) is 11.5 Å². The molecule has 512 valence electrons. The van der Waals surface area contributed by atoms with Gasteiger partial charge >= 0.3 is 17.9 Å². The number of aromatic carboxylic acids is 1. The first-order valence-electron chi connectivity index (χ1n) is 31.3. The Hall–Kier alpha value is -14.0. The Morgan fingerprint density at radius 3 is 1.22 bits per heavy atom. The zero-order chi connectivity index (χ0) is 71.9. The third-order valence-electron chi connectivity index (χ3n) is 16.4. The number of H-pyrrole nitrogens is 4. The zero-order valence-electron chi connectivity index (χ0n) is 56.1. The number of nitrogens with one attached hydrogen (secondary N) is 4. The molecule has 0 radical (unpaired) electrons. The number of nitrogens with two attached hydrogens (primary N) is 1. The van der Waals surface area contributed by atoms with E-state index in [2.05, 4.69) is 61.0 Å². The van der Waals surface area contributed by atoms with Gasteiger partial charge in [-0.1, -0.05) is 107 Å². The Kier molecular flexibility index (Phi) is 19.6. The second kappa shape index (κ2) is 29.4. The van der Waals surface area contributed by atoms with Crippen molar-refractivity contribution in [1.82, 2.24) is 75.3 Å². The van der Waals surface area contributed by atoms with Gasteiger partial charge in [0, 0.05) is 78.6 Å². The summed E-state index contributed by atoms with van der Waals surface area (Å²) >= 11 is 0. The summed E-state index contributed by atoms with van der Waals surface area (Å²) in [6.45, 7) is 0.791. The summed E-state index contributed by atoms with van der Waals surface area (Å²) in [6, 6.07) is 52.9. The van der Waals surface area contributed by atoms with Crippen LogP contribution in [0.15, 0.2) is 190 Å². The molecule has 29 heteroatoms. The van der Waals surface area contributed by atoms with Gasteiger partial charge in [-0.2, -0.15) is 5.21 Å². The summed E-state index contributed by atoms with van der Waals surface area (Å²) in [5.74, 6) is 0.909. The molecular weight excluding hydrogens is 1300 g/mol. The molecule has 6 aromatic heterocycles. The first-order valence-corrected chi connectivity index (χ1v) is 31.3. The lowest BCUT2D eigenvalue weighted by atomic mass is 9.99. The van der Waals surface area contributed by atoms with Gasteiger partial charge in [0.05, 0.1) is 58.2 Å². The van der Waals surface area contributed by atoms with Gasteiger partial charge in [0.15, 0.2) is 27.8 Å². The molecule has 0 aliphatic carbocycles. The van der Waals surface area contributed by atoms with Gasteiger partial charge in [0.2, 0.25) is 5.65 Å². The van der Waals surface area contributed by atoms with Gasteiger partial charge in [0.1, 0.15) is 29.0 Å². The number of esters is 2. The highest BCUT2D eigenvalue weighted by Crippen LogP contribution is 2.36. The first kappa shape index (κ1) is 68.0. The molecule has 29 nitrogen and oxygen atoms in total. The molecule has 0 atom stereocenters. The van der Waals surface area contributed by atoms with E-state index < -0.39 is 17.5 Å². The topological polar surface area (TPSA) is 381 Å². The number of fused-ring (bicyclic) bond motifs is 3. The number of nitrogen functional groups attached to an aromatic ring is 1. The van der Waals surface area contributed by atoms with E-state index in [-0.39, 0.29) is 44.8 Å². The van der Waals surface area contributed by atoms with E-state index in [1.807, 2.05) is 147 Å². The summed E-state index contributed by atoms with van der Waals surface area (Å²) < 4.78 is 23.1. The van der Waals surface area contributed by atoms with Crippen molar-refractivity contribution in [2.24, 2.45) is 0 Å². The van der Waals surface area contributed by atoms with Crippen LogP contribution in [0.1, 0.15) is 42.2 Å². The number of nitrogens with zero attached hydrogens (tertiary/aromatic N) is 13. The number of hydrogen-bond acceptors (Lipinski definition) is 22. The summed E-state index contributed by atoms with van der Waals surface area (Å²) in [6.07, 6.45) is 0. The highest BCUT2D eigenvalue weighted by atomic mass is 16.5. The van der Waals surface area contributed by atoms with Crippen molar-refractivity contribution in [3.05, 3.63) is 235 Å². The minimum Gasteiger partial charge on any atom is -0.497 e. The quantitative estimate of drug-likeness (QED) is 0.0365. The normalized spacial score (nSPS) is 10.9. The van der Waals surface area contributed by atoms with Crippen molar-refractivity contribution < 1.29 is 38.4 Å². The number of aromatic nitrogens is 15. The average molecular weight is 1370 g/mol. The monoisotopic (exact) mass is 1370 g/mol. The van der Waals surface area contributed by atoms with Crippen molar-refractivity contribution in [1.29, 1.82) is 0 Å². The van der Waals surface area contributed by atoms with Gasteiger partial charge < -0.3 is 54.5 Å². The van der Waals surface area contributed by atoms with Crippen LogP contribution in [0.25, 0.3) is 101 Å². The lowest BCUT2D eigenvalue weighted by molar-refractivity contribution is 0.0592. The average Bonchev–Trinajstić information content (AvgIpc) is 1.51. The summed E-state index contributed by atoms with van der Waals surface area (Å²) in [7, 11) is 13.6. The van der Waals surface area contributed by atoms with Crippen LogP contribution in [-0.2, 0) is 22.6 Å². The molecule has 14 aromatic rings. The van der Waals surface area contributed by atoms with Gasteiger partial charge in [0.25, 0.3) is 16.7 Å². The highest BCUT2D eigenvalue weighted by Gasteiger charge is 2.20. The number of benzene rings is 8. The Balaban J connectivity index is 0.000000146. The van der Waals surface area contributed by atoms with Gasteiger partial charge in [-0.3, -0.25) is 14.4 Å². The number of carbonyl (C=O) groups excluding carboxylic acids is 2. The summed E-state index contributed by atoms with van der Waals surface area (Å²) in [4.78, 5) is 98.3. The Morgan fingerprint density at radius 2 is 0.824 bits per heavy atom. The second-order valence-electron chi connectivity index (χ2n) is 23.3. The van der Waals surface area contributed by atoms with E-state index in [0.717, 1.165) is 78.5 Å². The molecule has 0 unspecified atom stereocenters. The number of aromatic amines is 4. The molecule has 6 heterocycles. The molecule has 14 rings (SSSR count). The van der Waals surface area contributed by atoms with Gasteiger partial charge in [-0.25, -0.2) is 38.7 Å². The number of carboxylic acids is 1. The minimum absolute atomic E-state index is 0.155. The predicted octanol–water partition coefficient (Wildman–Crippen LogP) is 9.17. The van der Waals surface area contributed by atoms with E-state index in [0.29, 0.717) is 64.2 Å².